The van der Waals surface area contributed by atoms with Crippen LogP contribution in [0, 0.1) is 0 Å². The molecule has 0 fully saturated rings. The smallest absolute Gasteiger partial charge is 0.258 e. The van der Waals surface area contributed by atoms with Gasteiger partial charge in [-0.3, -0.25) is 9.59 Å². The molecule has 1 amide bonds. The second kappa shape index (κ2) is 7.84. The number of rotatable bonds is 7. The molecule has 0 bridgehead atoms. The van der Waals surface area contributed by atoms with Gasteiger partial charge in [0.25, 0.3) is 5.91 Å². The standard InChI is InChI=1S/C12H14BrNO4/c1-17-6-5-14-11(16)8-18-12-9(7-15)3-2-4-10(12)13/h2-4,7H,5-6,8H2,1H3,(H,14,16). The first-order valence-corrected chi connectivity index (χ1v) is 6.10. The molecule has 0 radical (unpaired) electrons. The molecule has 0 heterocycles. The number of ether oxygens (including phenoxy) is 2. The van der Waals surface area contributed by atoms with Crippen LogP contribution in [0.3, 0.4) is 0 Å². The fourth-order valence-corrected chi connectivity index (χ4v) is 1.75. The van der Waals surface area contributed by atoms with Crippen LogP contribution in [0.2, 0.25) is 0 Å². The maximum absolute atomic E-state index is 11.4. The quantitative estimate of drug-likeness (QED) is 0.610. The highest BCUT2D eigenvalue weighted by Gasteiger charge is 2.09. The molecule has 1 N–H and O–H groups in total. The Labute approximate surface area is 114 Å². The van der Waals surface area contributed by atoms with E-state index in [0.29, 0.717) is 35.2 Å². The Morgan fingerprint density at radius 1 is 1.50 bits per heavy atom. The summed E-state index contributed by atoms with van der Waals surface area (Å²) < 4.78 is 10.8. The Morgan fingerprint density at radius 3 is 2.94 bits per heavy atom. The maximum Gasteiger partial charge on any atom is 0.258 e. The normalized spacial score (nSPS) is 9.89. The van der Waals surface area contributed by atoms with Crippen LogP contribution < -0.4 is 10.1 Å². The molecule has 0 aliphatic heterocycles. The van der Waals surface area contributed by atoms with Crippen molar-refractivity contribution >= 4 is 28.1 Å². The second-order valence-electron chi connectivity index (χ2n) is 3.41. The van der Waals surface area contributed by atoms with Crippen molar-refractivity contribution in [1.82, 2.24) is 5.32 Å². The molecule has 0 atom stereocenters. The Morgan fingerprint density at radius 2 is 2.28 bits per heavy atom. The zero-order valence-corrected chi connectivity index (χ0v) is 11.5. The fourth-order valence-electron chi connectivity index (χ4n) is 1.25. The molecule has 5 nitrogen and oxygen atoms in total. The van der Waals surface area contributed by atoms with Gasteiger partial charge >= 0.3 is 0 Å². The number of amides is 1. The number of carbonyl (C=O) groups is 2. The zero-order valence-electron chi connectivity index (χ0n) is 9.94. The Bertz CT molecular complexity index is 423. The third kappa shape index (κ3) is 4.46. The summed E-state index contributed by atoms with van der Waals surface area (Å²) in [6.07, 6.45) is 0.683. The van der Waals surface area contributed by atoms with Crippen molar-refractivity contribution in [3.8, 4) is 5.75 Å². The van der Waals surface area contributed by atoms with Gasteiger partial charge in [-0.05, 0) is 28.1 Å². The molecule has 0 aromatic heterocycles. The molecule has 0 saturated carbocycles. The molecule has 0 unspecified atom stereocenters. The van der Waals surface area contributed by atoms with E-state index in [9.17, 15) is 9.59 Å². The monoisotopic (exact) mass is 315 g/mol. The number of aldehydes is 1. The third-order valence-corrected chi connectivity index (χ3v) is 2.72. The van der Waals surface area contributed by atoms with E-state index in [2.05, 4.69) is 21.2 Å². The van der Waals surface area contributed by atoms with Crippen LogP contribution >= 0.6 is 15.9 Å². The van der Waals surface area contributed by atoms with Gasteiger partial charge in [-0.1, -0.05) is 6.07 Å². The summed E-state index contributed by atoms with van der Waals surface area (Å²) in [6, 6.07) is 5.08. The van der Waals surface area contributed by atoms with E-state index >= 15 is 0 Å². The van der Waals surface area contributed by atoms with Crippen LogP contribution in [-0.4, -0.2) is 39.1 Å². The molecule has 1 aromatic carbocycles. The average Bonchev–Trinajstić information content (AvgIpc) is 2.37. The van der Waals surface area contributed by atoms with E-state index in [1.807, 2.05) is 0 Å². The summed E-state index contributed by atoms with van der Waals surface area (Å²) in [7, 11) is 1.56. The lowest BCUT2D eigenvalue weighted by Crippen LogP contribution is -2.31. The van der Waals surface area contributed by atoms with Crippen LogP contribution in [0.1, 0.15) is 10.4 Å². The van der Waals surface area contributed by atoms with Gasteiger partial charge < -0.3 is 14.8 Å². The molecule has 18 heavy (non-hydrogen) atoms. The minimum absolute atomic E-state index is 0.146. The van der Waals surface area contributed by atoms with Crippen LogP contribution in [0.5, 0.6) is 5.75 Å². The van der Waals surface area contributed by atoms with Gasteiger partial charge in [0.15, 0.2) is 12.9 Å². The Kier molecular flexibility index (Phi) is 6.38. The highest BCUT2D eigenvalue weighted by Crippen LogP contribution is 2.27. The van der Waals surface area contributed by atoms with Gasteiger partial charge in [0.2, 0.25) is 0 Å². The van der Waals surface area contributed by atoms with Crippen LogP contribution in [0.4, 0.5) is 0 Å². The van der Waals surface area contributed by atoms with Gasteiger partial charge in [0.1, 0.15) is 5.75 Å². The van der Waals surface area contributed by atoms with Crippen molar-refractivity contribution in [3.05, 3.63) is 28.2 Å². The topological polar surface area (TPSA) is 64.6 Å². The van der Waals surface area contributed by atoms with Gasteiger partial charge in [0, 0.05) is 13.7 Å². The molecule has 1 aromatic rings. The van der Waals surface area contributed by atoms with Gasteiger partial charge in [-0.15, -0.1) is 0 Å². The second-order valence-corrected chi connectivity index (χ2v) is 4.26. The Hall–Kier alpha value is -1.40. The number of methoxy groups -OCH3 is 1. The zero-order chi connectivity index (χ0) is 13.4. The highest BCUT2D eigenvalue weighted by molar-refractivity contribution is 9.10. The van der Waals surface area contributed by atoms with Crippen molar-refractivity contribution in [2.75, 3.05) is 26.9 Å². The molecule has 0 aliphatic carbocycles. The number of carbonyl (C=O) groups excluding carboxylic acids is 2. The molecule has 0 aliphatic rings. The molecule has 0 spiro atoms. The number of benzene rings is 1. The first kappa shape index (κ1) is 14.7. The van der Waals surface area contributed by atoms with Crippen molar-refractivity contribution in [1.29, 1.82) is 0 Å². The third-order valence-electron chi connectivity index (χ3n) is 2.10. The molecule has 0 saturated heterocycles. The number of para-hydroxylation sites is 1. The van der Waals surface area contributed by atoms with Crippen LogP contribution in [-0.2, 0) is 9.53 Å². The lowest BCUT2D eigenvalue weighted by molar-refractivity contribution is -0.123. The SMILES string of the molecule is COCCNC(=O)COc1c(Br)cccc1C=O. The lowest BCUT2D eigenvalue weighted by Gasteiger charge is -2.10. The molecule has 1 rings (SSSR count). The summed E-state index contributed by atoms with van der Waals surface area (Å²) in [5.41, 5.74) is 0.397. The van der Waals surface area contributed by atoms with E-state index in [1.165, 1.54) is 0 Å². The van der Waals surface area contributed by atoms with Crippen molar-refractivity contribution < 1.29 is 19.1 Å². The number of hydrogen-bond acceptors (Lipinski definition) is 4. The lowest BCUT2D eigenvalue weighted by atomic mass is 10.2. The van der Waals surface area contributed by atoms with Gasteiger partial charge in [-0.2, -0.15) is 0 Å². The van der Waals surface area contributed by atoms with Crippen LogP contribution in [0.15, 0.2) is 22.7 Å². The first-order chi connectivity index (χ1) is 8.69. The predicted octanol–water partition coefficient (Wildman–Crippen LogP) is 1.40. The summed E-state index contributed by atoms with van der Waals surface area (Å²) >= 11 is 3.27. The number of halogens is 1. The average molecular weight is 316 g/mol. The van der Waals surface area contributed by atoms with Crippen molar-refractivity contribution in [2.45, 2.75) is 0 Å². The van der Waals surface area contributed by atoms with Crippen LogP contribution in [0.25, 0.3) is 0 Å². The fraction of sp³-hybridized carbons (Fsp3) is 0.333. The molecule has 98 valence electrons. The van der Waals surface area contributed by atoms with E-state index in [4.69, 9.17) is 9.47 Å². The van der Waals surface area contributed by atoms with Gasteiger partial charge in [0.05, 0.1) is 16.6 Å². The van der Waals surface area contributed by atoms with Gasteiger partial charge in [-0.25, -0.2) is 0 Å². The first-order valence-electron chi connectivity index (χ1n) is 5.31. The number of nitrogens with one attached hydrogen (secondary N) is 1. The van der Waals surface area contributed by atoms with E-state index in [1.54, 1.807) is 25.3 Å². The minimum Gasteiger partial charge on any atom is -0.482 e. The molecular formula is C12H14BrNO4. The van der Waals surface area contributed by atoms with E-state index in [0.717, 1.165) is 0 Å². The highest BCUT2D eigenvalue weighted by atomic mass is 79.9. The summed E-state index contributed by atoms with van der Waals surface area (Å²) in [5, 5.41) is 2.62. The van der Waals surface area contributed by atoms with E-state index < -0.39 is 0 Å². The summed E-state index contributed by atoms with van der Waals surface area (Å²) in [4.78, 5) is 22.2. The number of hydrogen-bond donors (Lipinski definition) is 1. The van der Waals surface area contributed by atoms with Crippen molar-refractivity contribution in [3.63, 3.8) is 0 Å². The maximum atomic E-state index is 11.4. The minimum atomic E-state index is -0.264. The Balaban J connectivity index is 2.53. The van der Waals surface area contributed by atoms with Crippen molar-refractivity contribution in [2.24, 2.45) is 0 Å². The predicted molar refractivity (Wildman–Crippen MR) is 69.9 cm³/mol. The molecule has 6 heteroatoms. The largest absolute Gasteiger partial charge is 0.482 e. The molecular weight excluding hydrogens is 302 g/mol. The summed E-state index contributed by atoms with van der Waals surface area (Å²) in [5.74, 6) is 0.106. The summed E-state index contributed by atoms with van der Waals surface area (Å²) in [6.45, 7) is 0.725. The van der Waals surface area contributed by atoms with E-state index in [-0.39, 0.29) is 12.5 Å².